The lowest BCUT2D eigenvalue weighted by Gasteiger charge is -2.15. The normalized spacial score (nSPS) is 10.8. The molecule has 16 heteroatoms. The number of anilines is 2. The van der Waals surface area contributed by atoms with Gasteiger partial charge < -0.3 is 49.2 Å². The number of carboxylic acid groups (broad SMARTS) is 4. The number of unbranched alkanes of at least 4 members (excludes halogenated alkanes) is 6. The summed E-state index contributed by atoms with van der Waals surface area (Å²) in [4.78, 5) is 48.2. The molecule has 0 atom stereocenters. The van der Waals surface area contributed by atoms with Crippen molar-refractivity contribution in [2.45, 2.75) is 116 Å². The summed E-state index contributed by atoms with van der Waals surface area (Å²) in [6.07, 6.45) is 11.0. The zero-order valence-corrected chi connectivity index (χ0v) is 52.7. The molecule has 0 aliphatic rings. The summed E-state index contributed by atoms with van der Waals surface area (Å²) in [6.45, 7) is 1.75. The van der Waals surface area contributed by atoms with Crippen LogP contribution in [-0.4, -0.2) is 98.9 Å². The molecule has 7 aromatic carbocycles. The van der Waals surface area contributed by atoms with E-state index in [4.69, 9.17) is 29.2 Å². The zero-order valence-electron chi connectivity index (χ0n) is 51.1. The minimum absolute atomic E-state index is 0.00333. The van der Waals surface area contributed by atoms with Crippen molar-refractivity contribution in [2.75, 3.05) is 64.4 Å². The smallest absolute Gasteiger partial charge is 0.303 e. The summed E-state index contributed by atoms with van der Waals surface area (Å²) in [5.74, 6) is -0.853. The molecule has 88 heavy (non-hydrogen) atoms. The third kappa shape index (κ3) is 24.1. The fraction of sp³-hybridized carbons (Fsp3) is 0.361. The lowest BCUT2D eigenvalue weighted by atomic mass is 9.97. The molecule has 4 N–H and O–H groups in total. The van der Waals surface area contributed by atoms with Crippen molar-refractivity contribution in [3.63, 3.8) is 0 Å². The first kappa shape index (κ1) is 68.7. The molecule has 0 saturated carbocycles. The molecule has 7 aromatic rings. The van der Waals surface area contributed by atoms with Crippen LogP contribution in [0.1, 0.15) is 112 Å². The van der Waals surface area contributed by atoms with Gasteiger partial charge in [-0.15, -0.1) is 0 Å². The minimum Gasteiger partial charge on any atom is -0.494 e. The van der Waals surface area contributed by atoms with Gasteiger partial charge in [0.25, 0.3) is 0 Å². The molecule has 0 aliphatic heterocycles. The minimum atomic E-state index is -0.869. The van der Waals surface area contributed by atoms with Crippen molar-refractivity contribution in [1.82, 2.24) is 0 Å². The van der Waals surface area contributed by atoms with Gasteiger partial charge in [0.05, 0.1) is 26.4 Å². The van der Waals surface area contributed by atoms with Crippen molar-refractivity contribution in [3.8, 4) is 56.4 Å². The zero-order chi connectivity index (χ0) is 63.2. The average molecular weight is 1270 g/mol. The highest BCUT2D eigenvalue weighted by molar-refractivity contribution is 9.10. The maximum Gasteiger partial charge on any atom is 0.303 e. The second kappa shape index (κ2) is 36.7. The van der Waals surface area contributed by atoms with Crippen LogP contribution in [0.25, 0.3) is 33.4 Å². The van der Waals surface area contributed by atoms with Gasteiger partial charge in [0, 0.05) is 69.7 Å². The number of nitrogens with zero attached hydrogens (tertiary/aromatic N) is 2. The summed E-state index contributed by atoms with van der Waals surface area (Å²) in [7, 11) is 8.07. The van der Waals surface area contributed by atoms with Gasteiger partial charge >= 0.3 is 23.9 Å². The monoisotopic (exact) mass is 1270 g/mol. The highest BCUT2D eigenvalue weighted by Crippen LogP contribution is 2.35. The molecule has 0 spiro atoms. The van der Waals surface area contributed by atoms with Crippen molar-refractivity contribution >= 4 is 51.2 Å². The molecule has 0 radical (unpaired) electrons. The van der Waals surface area contributed by atoms with Crippen LogP contribution in [0.5, 0.6) is 23.0 Å². The van der Waals surface area contributed by atoms with Crippen LogP contribution in [0.2, 0.25) is 0 Å². The van der Waals surface area contributed by atoms with Crippen molar-refractivity contribution in [2.24, 2.45) is 0 Å². The van der Waals surface area contributed by atoms with E-state index in [1.54, 1.807) is 6.07 Å². The molecule has 0 saturated heterocycles. The van der Waals surface area contributed by atoms with E-state index in [9.17, 15) is 33.8 Å². The standard InChI is InChI=1S/C39H44FNO6.C33H40BrNO6/c1-41(2)34-18-16-28(17-19-34)31-24-32(30-12-7-13-33(40)25-30)27-35(26-31)46-22-6-4-3-5-10-29-11-8-14-37(36(29)20-21-39(44)45)47-23-9-15-38(42)43;1-35(2)28-15-13-24(14-16-28)26-21-27(34)23-29(22-26)40-19-6-4-3-5-9-25-10-7-11-31(30(25)17-18-33(38)39)41-20-8-12-32(36)37/h7-8,11-14,16-19,24-27H,3-6,9-10,15,20-23H2,1-2H3,(H,42,43)(H,44,45);7,10-11,13-16,21-23H,3-6,8-9,12,17-20H2,1-2H3,(H,36,37)(H,38,39). The van der Waals surface area contributed by atoms with Gasteiger partial charge in [-0.3, -0.25) is 19.2 Å². The van der Waals surface area contributed by atoms with Crippen LogP contribution >= 0.6 is 15.9 Å². The van der Waals surface area contributed by atoms with Gasteiger partial charge in [0.15, 0.2) is 0 Å². The number of hydrogen-bond donors (Lipinski definition) is 4. The van der Waals surface area contributed by atoms with Crippen LogP contribution in [-0.2, 0) is 44.9 Å². The fourth-order valence-corrected chi connectivity index (χ4v) is 10.6. The van der Waals surface area contributed by atoms with E-state index >= 15 is 0 Å². The molecule has 0 unspecified atom stereocenters. The van der Waals surface area contributed by atoms with E-state index < -0.39 is 23.9 Å². The predicted molar refractivity (Wildman–Crippen MR) is 350 cm³/mol. The Morgan fingerprint density at radius 3 is 1.22 bits per heavy atom. The fourth-order valence-electron chi connectivity index (χ4n) is 10.1. The molecular formula is C72H84BrFN2O12. The Bertz CT molecular complexity index is 3330. The van der Waals surface area contributed by atoms with E-state index in [1.807, 2.05) is 88.9 Å². The van der Waals surface area contributed by atoms with Gasteiger partial charge in [-0.1, -0.05) is 102 Å². The first-order valence-corrected chi connectivity index (χ1v) is 31.1. The van der Waals surface area contributed by atoms with Crippen molar-refractivity contribution in [1.29, 1.82) is 0 Å². The Morgan fingerprint density at radius 1 is 0.386 bits per heavy atom. The molecule has 468 valence electrons. The number of rotatable bonds is 37. The molecule has 7 rings (SSSR count). The van der Waals surface area contributed by atoms with E-state index in [1.165, 1.54) is 12.1 Å². The molecule has 0 fully saturated rings. The first-order valence-electron chi connectivity index (χ1n) is 30.3. The Hall–Kier alpha value is -8.37. The maximum atomic E-state index is 14.1. The second-order valence-corrected chi connectivity index (χ2v) is 23.0. The largest absolute Gasteiger partial charge is 0.494 e. The molecule has 0 aromatic heterocycles. The van der Waals surface area contributed by atoms with Crippen LogP contribution in [0.4, 0.5) is 15.8 Å². The Morgan fingerprint density at radius 2 is 0.784 bits per heavy atom. The number of carbonyl (C=O) groups is 4. The summed E-state index contributed by atoms with van der Waals surface area (Å²) in [6, 6.07) is 47.1. The summed E-state index contributed by atoms with van der Waals surface area (Å²) in [5.41, 5.74) is 12.2. The summed E-state index contributed by atoms with van der Waals surface area (Å²) >= 11 is 3.61. The quantitative estimate of drug-likeness (QED) is 0.0269. The second-order valence-electron chi connectivity index (χ2n) is 22.1. The molecule has 0 amide bonds. The van der Waals surface area contributed by atoms with Crippen molar-refractivity contribution < 1.29 is 62.9 Å². The molecule has 0 heterocycles. The SMILES string of the molecule is CN(C)c1ccc(-c2cc(Br)cc(OCCCCCCc3cccc(OCCCC(=O)O)c3CCC(=O)O)c2)cc1.CN(C)c1ccc(-c2cc(OCCCCCCc3cccc(OCCCC(=O)O)c3CCC(=O)O)cc(-c3cccc(F)c3)c2)cc1. The van der Waals surface area contributed by atoms with Gasteiger partial charge in [0.1, 0.15) is 28.8 Å². The van der Waals surface area contributed by atoms with Crippen molar-refractivity contribution in [3.05, 3.63) is 178 Å². The number of aryl methyl sites for hydroxylation is 2. The topological polar surface area (TPSA) is 193 Å². The molecular weight excluding hydrogens is 1180 g/mol. The maximum absolute atomic E-state index is 14.1. The number of hydrogen-bond acceptors (Lipinski definition) is 10. The highest BCUT2D eigenvalue weighted by Gasteiger charge is 2.16. The molecule has 14 nitrogen and oxygen atoms in total. The van der Waals surface area contributed by atoms with Crippen LogP contribution in [0.3, 0.4) is 0 Å². The van der Waals surface area contributed by atoms with Gasteiger partial charge in [-0.2, -0.15) is 0 Å². The third-order valence-corrected chi connectivity index (χ3v) is 15.3. The average Bonchev–Trinajstić information content (AvgIpc) is 2.42. The number of aliphatic carboxylic acids is 4. The van der Waals surface area contributed by atoms with Crippen LogP contribution < -0.4 is 28.7 Å². The van der Waals surface area contributed by atoms with Crippen LogP contribution in [0.15, 0.2) is 150 Å². The predicted octanol–water partition coefficient (Wildman–Crippen LogP) is 16.3. The summed E-state index contributed by atoms with van der Waals surface area (Å²) in [5, 5.41) is 36.2. The number of carboxylic acids is 4. The Balaban J connectivity index is 0.000000284. The molecule has 0 aliphatic carbocycles. The first-order chi connectivity index (χ1) is 42.4. The Labute approximate surface area is 526 Å². The van der Waals surface area contributed by atoms with E-state index in [2.05, 4.69) is 92.5 Å². The lowest BCUT2D eigenvalue weighted by Crippen LogP contribution is -2.07. The van der Waals surface area contributed by atoms with Gasteiger partial charge in [-0.25, -0.2) is 4.39 Å². The highest BCUT2D eigenvalue weighted by atomic mass is 79.9. The summed E-state index contributed by atoms with van der Waals surface area (Å²) < 4.78 is 39.1. The number of benzene rings is 7. The number of halogens is 2. The van der Waals surface area contributed by atoms with E-state index in [0.29, 0.717) is 50.4 Å². The van der Waals surface area contributed by atoms with E-state index in [-0.39, 0.29) is 44.7 Å². The van der Waals surface area contributed by atoms with Crippen LogP contribution in [0, 0.1) is 5.82 Å². The third-order valence-electron chi connectivity index (χ3n) is 14.8. The Kier molecular flexibility index (Phi) is 28.7. The molecule has 0 bridgehead atoms. The van der Waals surface area contributed by atoms with Gasteiger partial charge in [0.2, 0.25) is 0 Å². The number of ether oxygens (including phenoxy) is 4. The van der Waals surface area contributed by atoms with E-state index in [0.717, 1.165) is 147 Å². The van der Waals surface area contributed by atoms with Gasteiger partial charge in [-0.05, 0) is 205 Å². The lowest BCUT2D eigenvalue weighted by molar-refractivity contribution is -0.138.